The van der Waals surface area contributed by atoms with Gasteiger partial charge in [0, 0.05) is 18.2 Å². The van der Waals surface area contributed by atoms with Crippen LogP contribution in [0.1, 0.15) is 46.0 Å². The molecule has 1 aromatic carbocycles. The van der Waals surface area contributed by atoms with E-state index in [0.717, 1.165) is 32.1 Å². The van der Waals surface area contributed by atoms with E-state index in [1.165, 1.54) is 6.07 Å². The highest BCUT2D eigenvalue weighted by atomic mass is 16.6. The molecule has 1 aromatic rings. The Morgan fingerprint density at radius 2 is 2.05 bits per heavy atom. The second-order valence-electron chi connectivity index (χ2n) is 4.91. The average Bonchev–Trinajstić information content (AvgIpc) is 2.44. The summed E-state index contributed by atoms with van der Waals surface area (Å²) in [7, 11) is 1.56. The smallest absolute Gasteiger partial charge is 0.292 e. The quantitative estimate of drug-likeness (QED) is 0.538. The topological polar surface area (TPSA) is 64.4 Å². The van der Waals surface area contributed by atoms with Crippen LogP contribution in [0, 0.1) is 10.1 Å². The number of methoxy groups -OCH3 is 1. The standard InChI is InChI=1S/C15H24N2O3/c1-4-6-8-12(7-5-2)16-14-11-13(20-3)9-10-15(14)17(18)19/h9-12,16H,4-8H2,1-3H3. The molecule has 112 valence electrons. The number of hydrogen-bond acceptors (Lipinski definition) is 4. The molecule has 1 rings (SSSR count). The van der Waals surface area contributed by atoms with Gasteiger partial charge < -0.3 is 10.1 Å². The van der Waals surface area contributed by atoms with Gasteiger partial charge in [-0.1, -0.05) is 33.1 Å². The third-order valence-corrected chi connectivity index (χ3v) is 3.30. The maximum absolute atomic E-state index is 11.1. The van der Waals surface area contributed by atoms with Gasteiger partial charge in [0.05, 0.1) is 12.0 Å². The van der Waals surface area contributed by atoms with Crippen molar-refractivity contribution < 1.29 is 9.66 Å². The van der Waals surface area contributed by atoms with E-state index < -0.39 is 0 Å². The molecule has 1 N–H and O–H groups in total. The van der Waals surface area contributed by atoms with Crippen molar-refractivity contribution in [1.29, 1.82) is 0 Å². The van der Waals surface area contributed by atoms with Gasteiger partial charge >= 0.3 is 0 Å². The first-order valence-electron chi connectivity index (χ1n) is 7.21. The van der Waals surface area contributed by atoms with Gasteiger partial charge in [-0.25, -0.2) is 0 Å². The lowest BCUT2D eigenvalue weighted by molar-refractivity contribution is -0.384. The summed E-state index contributed by atoms with van der Waals surface area (Å²) in [5.41, 5.74) is 0.646. The SMILES string of the molecule is CCCCC(CCC)Nc1cc(OC)ccc1[N+](=O)[O-]. The lowest BCUT2D eigenvalue weighted by atomic mass is 10.0. The molecule has 0 fully saturated rings. The predicted molar refractivity (Wildman–Crippen MR) is 81.5 cm³/mol. The van der Waals surface area contributed by atoms with E-state index in [4.69, 9.17) is 4.74 Å². The van der Waals surface area contributed by atoms with Crippen LogP contribution >= 0.6 is 0 Å². The normalized spacial score (nSPS) is 11.9. The minimum Gasteiger partial charge on any atom is -0.497 e. The molecular weight excluding hydrogens is 256 g/mol. The Kier molecular flexibility index (Phi) is 6.84. The number of unbranched alkanes of at least 4 members (excludes halogenated alkanes) is 1. The highest BCUT2D eigenvalue weighted by molar-refractivity contribution is 5.64. The summed E-state index contributed by atoms with van der Waals surface area (Å²) >= 11 is 0. The number of benzene rings is 1. The van der Waals surface area contributed by atoms with E-state index in [1.54, 1.807) is 19.2 Å². The van der Waals surface area contributed by atoms with Crippen LogP contribution in [0.4, 0.5) is 11.4 Å². The molecular formula is C15H24N2O3. The van der Waals surface area contributed by atoms with Crippen LogP contribution in [0.5, 0.6) is 5.75 Å². The molecule has 20 heavy (non-hydrogen) atoms. The van der Waals surface area contributed by atoms with E-state index in [1.807, 2.05) is 0 Å². The summed E-state index contributed by atoms with van der Waals surface area (Å²) in [5, 5.41) is 14.4. The number of hydrogen-bond donors (Lipinski definition) is 1. The minimum atomic E-state index is -0.357. The molecule has 0 spiro atoms. The van der Waals surface area contributed by atoms with Gasteiger partial charge in [-0.05, 0) is 18.9 Å². The van der Waals surface area contributed by atoms with E-state index >= 15 is 0 Å². The first kappa shape index (κ1) is 16.3. The fourth-order valence-corrected chi connectivity index (χ4v) is 2.22. The zero-order chi connectivity index (χ0) is 15.0. The Morgan fingerprint density at radius 3 is 2.60 bits per heavy atom. The first-order valence-corrected chi connectivity index (χ1v) is 7.21. The zero-order valence-corrected chi connectivity index (χ0v) is 12.5. The summed E-state index contributed by atoms with van der Waals surface area (Å²) in [6.07, 6.45) is 5.34. The fraction of sp³-hybridized carbons (Fsp3) is 0.600. The van der Waals surface area contributed by atoms with Crippen molar-refractivity contribution in [2.45, 2.75) is 52.0 Å². The van der Waals surface area contributed by atoms with Gasteiger partial charge in [0.2, 0.25) is 0 Å². The van der Waals surface area contributed by atoms with Crippen molar-refractivity contribution in [2.75, 3.05) is 12.4 Å². The summed E-state index contributed by atoms with van der Waals surface area (Å²) in [6, 6.07) is 5.08. The second kappa shape index (κ2) is 8.40. The molecule has 0 saturated carbocycles. The Balaban J connectivity index is 2.93. The molecule has 0 radical (unpaired) electrons. The fourth-order valence-electron chi connectivity index (χ4n) is 2.22. The second-order valence-corrected chi connectivity index (χ2v) is 4.91. The van der Waals surface area contributed by atoms with Crippen molar-refractivity contribution in [3.05, 3.63) is 28.3 Å². The van der Waals surface area contributed by atoms with Crippen LogP contribution in [0.25, 0.3) is 0 Å². The van der Waals surface area contributed by atoms with Crippen molar-refractivity contribution in [1.82, 2.24) is 0 Å². The molecule has 0 aromatic heterocycles. The molecule has 5 heteroatoms. The molecule has 0 heterocycles. The van der Waals surface area contributed by atoms with Gasteiger partial charge in [-0.3, -0.25) is 10.1 Å². The number of nitrogens with one attached hydrogen (secondary N) is 1. The summed E-state index contributed by atoms with van der Waals surface area (Å²) in [5.74, 6) is 0.629. The van der Waals surface area contributed by atoms with Gasteiger partial charge in [0.15, 0.2) is 0 Å². The summed E-state index contributed by atoms with van der Waals surface area (Å²) < 4.78 is 5.15. The monoisotopic (exact) mass is 280 g/mol. The van der Waals surface area contributed by atoms with Gasteiger partial charge in [0.25, 0.3) is 5.69 Å². The Morgan fingerprint density at radius 1 is 1.30 bits per heavy atom. The van der Waals surface area contributed by atoms with E-state index in [-0.39, 0.29) is 16.7 Å². The Bertz CT molecular complexity index is 435. The van der Waals surface area contributed by atoms with Gasteiger partial charge in [-0.2, -0.15) is 0 Å². The number of anilines is 1. The first-order chi connectivity index (χ1) is 9.62. The molecule has 1 unspecified atom stereocenters. The lowest BCUT2D eigenvalue weighted by Gasteiger charge is -2.19. The number of ether oxygens (including phenoxy) is 1. The van der Waals surface area contributed by atoms with E-state index in [0.29, 0.717) is 11.4 Å². The number of nitrogens with zero attached hydrogens (tertiary/aromatic N) is 1. The summed E-state index contributed by atoms with van der Waals surface area (Å²) in [4.78, 5) is 10.7. The third kappa shape index (κ3) is 4.72. The molecule has 1 atom stereocenters. The molecule has 0 saturated heterocycles. The average molecular weight is 280 g/mol. The zero-order valence-electron chi connectivity index (χ0n) is 12.5. The largest absolute Gasteiger partial charge is 0.497 e. The molecule has 0 aliphatic heterocycles. The third-order valence-electron chi connectivity index (χ3n) is 3.30. The Labute approximate surface area is 120 Å². The van der Waals surface area contributed by atoms with Crippen LogP contribution in [0.3, 0.4) is 0 Å². The molecule has 0 bridgehead atoms. The predicted octanol–water partition coefficient (Wildman–Crippen LogP) is 4.37. The van der Waals surface area contributed by atoms with Crippen LogP contribution in [-0.4, -0.2) is 18.1 Å². The van der Waals surface area contributed by atoms with Gasteiger partial charge in [0.1, 0.15) is 11.4 Å². The van der Waals surface area contributed by atoms with Crippen LogP contribution in [0.15, 0.2) is 18.2 Å². The maximum Gasteiger partial charge on any atom is 0.292 e. The van der Waals surface area contributed by atoms with Crippen molar-refractivity contribution >= 4 is 11.4 Å². The maximum atomic E-state index is 11.1. The van der Waals surface area contributed by atoms with E-state index in [9.17, 15) is 10.1 Å². The molecule has 5 nitrogen and oxygen atoms in total. The van der Waals surface area contributed by atoms with Gasteiger partial charge in [-0.15, -0.1) is 0 Å². The molecule has 0 aliphatic rings. The summed E-state index contributed by atoms with van der Waals surface area (Å²) in [6.45, 7) is 4.28. The lowest BCUT2D eigenvalue weighted by Crippen LogP contribution is -2.19. The highest BCUT2D eigenvalue weighted by Crippen LogP contribution is 2.30. The number of nitro groups is 1. The van der Waals surface area contributed by atoms with Crippen LogP contribution < -0.4 is 10.1 Å². The van der Waals surface area contributed by atoms with Crippen molar-refractivity contribution in [3.63, 3.8) is 0 Å². The van der Waals surface area contributed by atoms with Crippen LogP contribution in [-0.2, 0) is 0 Å². The molecule has 0 amide bonds. The van der Waals surface area contributed by atoms with Crippen molar-refractivity contribution in [3.8, 4) is 5.75 Å². The van der Waals surface area contributed by atoms with Crippen molar-refractivity contribution in [2.24, 2.45) is 0 Å². The number of rotatable bonds is 9. The Hall–Kier alpha value is -1.78. The molecule has 0 aliphatic carbocycles. The van der Waals surface area contributed by atoms with Crippen LogP contribution in [0.2, 0.25) is 0 Å². The minimum absolute atomic E-state index is 0.100. The van der Waals surface area contributed by atoms with E-state index in [2.05, 4.69) is 19.2 Å². The highest BCUT2D eigenvalue weighted by Gasteiger charge is 2.17. The number of nitro benzene ring substituents is 1.